The van der Waals surface area contributed by atoms with Crippen LogP contribution < -0.4 is 4.90 Å². The van der Waals surface area contributed by atoms with Crippen LogP contribution in [0, 0.1) is 5.82 Å². The van der Waals surface area contributed by atoms with E-state index in [4.69, 9.17) is 0 Å². The maximum atomic E-state index is 15.0. The fourth-order valence-electron chi connectivity index (χ4n) is 4.75. The fraction of sp³-hybridized carbons (Fsp3) is 0.481. The number of benzene rings is 2. The molecule has 38 heavy (non-hydrogen) atoms. The molecule has 0 aromatic heterocycles. The largest absolute Gasteiger partial charge is 0.465 e. The first-order valence-corrected chi connectivity index (χ1v) is 14.8. The van der Waals surface area contributed by atoms with Crippen LogP contribution in [0.3, 0.4) is 0 Å². The fourth-order valence-corrected chi connectivity index (χ4v) is 5.98. The van der Waals surface area contributed by atoms with Gasteiger partial charge >= 0.3 is 12.0 Å². The van der Waals surface area contributed by atoms with Crippen LogP contribution in [-0.4, -0.2) is 100 Å². The molecule has 208 valence electrons. The van der Waals surface area contributed by atoms with Crippen molar-refractivity contribution in [1.82, 2.24) is 14.7 Å². The van der Waals surface area contributed by atoms with Gasteiger partial charge in [0.2, 0.25) is 0 Å². The molecule has 11 heteroatoms. The van der Waals surface area contributed by atoms with Gasteiger partial charge in [-0.25, -0.2) is 14.0 Å². The summed E-state index contributed by atoms with van der Waals surface area (Å²) in [6, 6.07) is 11.5. The summed E-state index contributed by atoms with van der Waals surface area (Å²) < 4.78 is 39.6. The number of ether oxygens (including phenoxy) is 1. The van der Waals surface area contributed by atoms with E-state index in [9.17, 15) is 23.1 Å². The van der Waals surface area contributed by atoms with Crippen molar-refractivity contribution >= 4 is 28.3 Å². The Labute approximate surface area is 225 Å². The summed E-state index contributed by atoms with van der Waals surface area (Å²) in [5.74, 6) is -0.999. The third-order valence-corrected chi connectivity index (χ3v) is 8.92. The zero-order chi connectivity index (χ0) is 27.3. The Kier molecular flexibility index (Phi) is 9.27. The molecule has 2 aliphatic heterocycles. The molecule has 0 atom stereocenters. The SMILES string of the molecule is CCN1CCN(Cc2ccc(N(Cc3ccc(C(=O)OC)cc3F)C(=O)N3CCS(O)(O)CC3)cc2)CC1. The molecule has 2 saturated heterocycles. The Bertz CT molecular complexity index is 1110. The van der Waals surface area contributed by atoms with Gasteiger partial charge in [0.15, 0.2) is 0 Å². The van der Waals surface area contributed by atoms with Crippen LogP contribution in [0.2, 0.25) is 0 Å². The van der Waals surface area contributed by atoms with Crippen LogP contribution in [0.25, 0.3) is 0 Å². The van der Waals surface area contributed by atoms with Gasteiger partial charge in [0, 0.05) is 57.1 Å². The first kappa shape index (κ1) is 28.3. The van der Waals surface area contributed by atoms with Gasteiger partial charge in [-0.1, -0.05) is 25.1 Å². The minimum atomic E-state index is -2.67. The molecule has 0 saturated carbocycles. The van der Waals surface area contributed by atoms with Crippen LogP contribution in [0.15, 0.2) is 42.5 Å². The predicted octanol–water partition coefficient (Wildman–Crippen LogP) is 3.94. The molecule has 2 heterocycles. The standard InChI is InChI=1S/C27H37FN4O5S/c1-3-29-10-12-30(13-11-29)19-21-4-8-24(9-5-21)32(27(34)31-14-16-38(35,36)17-15-31)20-23-7-6-22(18-25(23)28)26(33)37-2/h4-9,18,35-36H,3,10-17,19-20H2,1-2H3. The molecule has 0 bridgehead atoms. The van der Waals surface area contributed by atoms with E-state index in [-0.39, 0.29) is 48.3 Å². The van der Waals surface area contributed by atoms with Gasteiger partial charge in [-0.05, 0) is 36.4 Å². The number of carbonyl (C=O) groups excluding carboxylic acids is 2. The summed E-state index contributed by atoms with van der Waals surface area (Å²) in [4.78, 5) is 33.3. The number of piperazine rings is 1. The Balaban J connectivity index is 1.53. The molecule has 2 amide bonds. The molecule has 0 radical (unpaired) electrons. The summed E-state index contributed by atoms with van der Waals surface area (Å²) in [5, 5.41) is 0. The lowest BCUT2D eigenvalue weighted by molar-refractivity contribution is 0.0600. The van der Waals surface area contributed by atoms with Crippen molar-refractivity contribution < 1.29 is 27.8 Å². The van der Waals surface area contributed by atoms with Crippen LogP contribution in [0.4, 0.5) is 14.9 Å². The Morgan fingerprint density at radius 2 is 1.61 bits per heavy atom. The van der Waals surface area contributed by atoms with E-state index < -0.39 is 22.4 Å². The van der Waals surface area contributed by atoms with Crippen molar-refractivity contribution in [3.8, 4) is 0 Å². The number of rotatable bonds is 7. The van der Waals surface area contributed by atoms with Gasteiger partial charge < -0.3 is 14.5 Å². The number of amides is 2. The van der Waals surface area contributed by atoms with Crippen LogP contribution in [-0.2, 0) is 17.8 Å². The summed E-state index contributed by atoms with van der Waals surface area (Å²) in [7, 11) is -1.44. The molecule has 2 aromatic rings. The molecule has 2 fully saturated rings. The van der Waals surface area contributed by atoms with E-state index in [1.54, 1.807) is 4.90 Å². The highest BCUT2D eigenvalue weighted by Crippen LogP contribution is 2.40. The van der Waals surface area contributed by atoms with E-state index in [1.165, 1.54) is 24.1 Å². The Morgan fingerprint density at radius 1 is 0.974 bits per heavy atom. The van der Waals surface area contributed by atoms with Crippen LogP contribution in [0.5, 0.6) is 0 Å². The number of hydrogen-bond acceptors (Lipinski definition) is 7. The van der Waals surface area contributed by atoms with Gasteiger partial charge in [0.25, 0.3) is 0 Å². The molecule has 2 aromatic carbocycles. The normalized spacial score (nSPS) is 19.1. The predicted molar refractivity (Wildman–Crippen MR) is 147 cm³/mol. The minimum absolute atomic E-state index is 0.0445. The van der Waals surface area contributed by atoms with Gasteiger partial charge in [0.05, 0.1) is 30.7 Å². The molecule has 2 aliphatic rings. The Hall–Kier alpha value is -2.70. The van der Waals surface area contributed by atoms with Crippen molar-refractivity contribution in [2.24, 2.45) is 0 Å². The first-order valence-electron chi connectivity index (χ1n) is 12.9. The van der Waals surface area contributed by atoms with E-state index in [0.29, 0.717) is 5.69 Å². The minimum Gasteiger partial charge on any atom is -0.465 e. The molecule has 0 aliphatic carbocycles. The van der Waals surface area contributed by atoms with Gasteiger partial charge in [-0.3, -0.25) is 18.9 Å². The molecule has 0 spiro atoms. The second kappa shape index (κ2) is 12.4. The topological polar surface area (TPSA) is 96.8 Å². The van der Waals surface area contributed by atoms with Crippen molar-refractivity contribution in [3.63, 3.8) is 0 Å². The van der Waals surface area contributed by atoms with E-state index >= 15 is 0 Å². The average molecular weight is 549 g/mol. The maximum Gasteiger partial charge on any atom is 0.337 e. The molecule has 4 rings (SSSR count). The molecular weight excluding hydrogens is 511 g/mol. The number of hydrogen-bond donors (Lipinski definition) is 2. The zero-order valence-corrected chi connectivity index (χ0v) is 22.8. The van der Waals surface area contributed by atoms with Crippen LogP contribution >= 0.6 is 10.6 Å². The number of nitrogens with zero attached hydrogens (tertiary/aromatic N) is 4. The van der Waals surface area contributed by atoms with Crippen LogP contribution in [0.1, 0.15) is 28.4 Å². The molecular formula is C27H37FN4O5S. The van der Waals surface area contributed by atoms with Gasteiger partial charge in [0.1, 0.15) is 5.82 Å². The zero-order valence-electron chi connectivity index (χ0n) is 22.0. The number of methoxy groups -OCH3 is 1. The van der Waals surface area contributed by atoms with Crippen molar-refractivity contribution in [2.75, 3.05) is 69.3 Å². The lowest BCUT2D eigenvalue weighted by Crippen LogP contribution is -2.49. The van der Waals surface area contributed by atoms with E-state index in [0.717, 1.165) is 50.9 Å². The number of likely N-dealkylation sites (N-methyl/N-ethyl adjacent to an activating group) is 1. The van der Waals surface area contributed by atoms with E-state index in [2.05, 4.69) is 21.5 Å². The number of urea groups is 1. The molecule has 0 unspecified atom stereocenters. The monoisotopic (exact) mass is 548 g/mol. The number of halogens is 1. The Morgan fingerprint density at radius 3 is 2.18 bits per heavy atom. The number of esters is 1. The quantitative estimate of drug-likeness (QED) is 0.506. The van der Waals surface area contributed by atoms with Crippen molar-refractivity contribution in [1.29, 1.82) is 0 Å². The second-order valence-electron chi connectivity index (χ2n) is 9.74. The molecule has 2 N–H and O–H groups in total. The van der Waals surface area contributed by atoms with Crippen molar-refractivity contribution in [3.05, 3.63) is 65.0 Å². The molecule has 9 nitrogen and oxygen atoms in total. The highest BCUT2D eigenvalue weighted by molar-refractivity contribution is 8.24. The third kappa shape index (κ3) is 7.03. The van der Waals surface area contributed by atoms with Crippen molar-refractivity contribution in [2.45, 2.75) is 20.0 Å². The first-order chi connectivity index (χ1) is 18.2. The van der Waals surface area contributed by atoms with E-state index in [1.807, 2.05) is 24.3 Å². The number of anilines is 1. The lowest BCUT2D eigenvalue weighted by atomic mass is 10.1. The van der Waals surface area contributed by atoms with Gasteiger partial charge in [-0.2, -0.15) is 10.6 Å². The average Bonchev–Trinajstić information content (AvgIpc) is 2.92. The highest BCUT2D eigenvalue weighted by Gasteiger charge is 2.30. The van der Waals surface area contributed by atoms with Gasteiger partial charge in [-0.15, -0.1) is 0 Å². The smallest absolute Gasteiger partial charge is 0.337 e. The number of carbonyl (C=O) groups is 2. The summed E-state index contributed by atoms with van der Waals surface area (Å²) >= 11 is 0. The lowest BCUT2D eigenvalue weighted by Gasteiger charge is -2.42. The summed E-state index contributed by atoms with van der Waals surface area (Å²) in [5.41, 5.74) is 2.09. The summed E-state index contributed by atoms with van der Waals surface area (Å²) in [6.07, 6.45) is 0. The maximum absolute atomic E-state index is 15.0. The third-order valence-electron chi connectivity index (χ3n) is 7.25. The highest BCUT2D eigenvalue weighted by atomic mass is 32.3. The summed E-state index contributed by atoms with van der Waals surface area (Å²) in [6.45, 7) is 8.56. The second-order valence-corrected chi connectivity index (χ2v) is 12.2.